The molecule has 150 valence electrons. The second kappa shape index (κ2) is 9.42. The van der Waals surface area contributed by atoms with Gasteiger partial charge in [-0.05, 0) is 18.2 Å². The SMILES string of the molecule is CC(=O)OC(C(=O)O)(c1ccccc1Nc1c(Cl)cccc1Cl)C(Cl)C(Cl)Cl. The van der Waals surface area contributed by atoms with E-state index in [-0.39, 0.29) is 11.3 Å². The van der Waals surface area contributed by atoms with Crippen LogP contribution in [0.15, 0.2) is 42.5 Å². The summed E-state index contributed by atoms with van der Waals surface area (Å²) >= 11 is 30.4. The summed E-state index contributed by atoms with van der Waals surface area (Å²) in [6.45, 7) is 1.06. The number of carboxylic acids is 1. The van der Waals surface area contributed by atoms with Gasteiger partial charge in [-0.1, -0.05) is 47.5 Å². The molecule has 0 fully saturated rings. The van der Waals surface area contributed by atoms with Crippen molar-refractivity contribution < 1.29 is 19.4 Å². The smallest absolute Gasteiger partial charge is 0.354 e. The van der Waals surface area contributed by atoms with Crippen LogP contribution in [-0.2, 0) is 19.9 Å². The summed E-state index contributed by atoms with van der Waals surface area (Å²) in [5, 5.41) is 12.0. The van der Waals surface area contributed by atoms with Crippen LogP contribution in [0.3, 0.4) is 0 Å². The lowest BCUT2D eigenvalue weighted by Crippen LogP contribution is -2.50. The van der Waals surface area contributed by atoms with Gasteiger partial charge < -0.3 is 15.2 Å². The average molecular weight is 486 g/mol. The Morgan fingerprint density at radius 1 is 1.04 bits per heavy atom. The topological polar surface area (TPSA) is 75.6 Å². The molecule has 0 amide bonds. The quantitative estimate of drug-likeness (QED) is 0.372. The van der Waals surface area contributed by atoms with Gasteiger partial charge >= 0.3 is 11.9 Å². The van der Waals surface area contributed by atoms with E-state index in [1.165, 1.54) is 6.07 Å². The van der Waals surface area contributed by atoms with Crippen LogP contribution >= 0.6 is 58.0 Å². The Balaban J connectivity index is 2.71. The number of halogens is 5. The van der Waals surface area contributed by atoms with Crippen molar-refractivity contribution in [1.82, 2.24) is 0 Å². The molecule has 5 nitrogen and oxygen atoms in total. The van der Waals surface area contributed by atoms with Gasteiger partial charge in [0.25, 0.3) is 5.60 Å². The Labute approximate surface area is 186 Å². The molecule has 0 spiro atoms. The number of anilines is 2. The van der Waals surface area contributed by atoms with Gasteiger partial charge in [-0.25, -0.2) is 4.79 Å². The van der Waals surface area contributed by atoms with Crippen molar-refractivity contribution in [3.05, 3.63) is 58.1 Å². The lowest BCUT2D eigenvalue weighted by Gasteiger charge is -2.35. The minimum Gasteiger partial charge on any atom is -0.478 e. The zero-order valence-corrected chi connectivity index (χ0v) is 18.0. The zero-order valence-electron chi connectivity index (χ0n) is 14.3. The molecule has 2 N–H and O–H groups in total. The van der Waals surface area contributed by atoms with Crippen LogP contribution in [0.1, 0.15) is 12.5 Å². The Morgan fingerprint density at radius 3 is 2.11 bits per heavy atom. The van der Waals surface area contributed by atoms with Crippen LogP contribution in [0.4, 0.5) is 11.4 Å². The van der Waals surface area contributed by atoms with Crippen molar-refractivity contribution in [3.63, 3.8) is 0 Å². The summed E-state index contributed by atoms with van der Waals surface area (Å²) in [6, 6.07) is 11.0. The zero-order chi connectivity index (χ0) is 21.1. The number of carbonyl (C=O) groups is 2. The van der Waals surface area contributed by atoms with Gasteiger partial charge in [-0.2, -0.15) is 0 Å². The van der Waals surface area contributed by atoms with E-state index >= 15 is 0 Å². The molecule has 0 aliphatic rings. The molecular weight excluding hydrogens is 471 g/mol. The minimum absolute atomic E-state index is 0.0139. The Hall–Kier alpha value is -1.37. The van der Waals surface area contributed by atoms with Crippen LogP contribution in [0.2, 0.25) is 10.0 Å². The van der Waals surface area contributed by atoms with E-state index in [1.807, 2.05) is 0 Å². The largest absolute Gasteiger partial charge is 0.478 e. The number of hydrogen-bond donors (Lipinski definition) is 2. The number of nitrogens with one attached hydrogen (secondary N) is 1. The second-order valence-corrected chi connectivity index (χ2v) is 8.09. The molecule has 0 radical (unpaired) electrons. The number of alkyl halides is 3. The highest BCUT2D eigenvalue weighted by Gasteiger charge is 2.54. The Bertz CT molecular complexity index is 872. The number of aliphatic carboxylic acids is 1. The predicted molar refractivity (Wildman–Crippen MR) is 112 cm³/mol. The fraction of sp³-hybridized carbons (Fsp3) is 0.222. The first-order chi connectivity index (χ1) is 13.1. The van der Waals surface area contributed by atoms with Gasteiger partial charge in [0.1, 0.15) is 10.2 Å². The van der Waals surface area contributed by atoms with Crippen molar-refractivity contribution in [1.29, 1.82) is 0 Å². The third-order valence-electron chi connectivity index (χ3n) is 3.78. The first-order valence-corrected chi connectivity index (χ1v) is 9.83. The van der Waals surface area contributed by atoms with Crippen molar-refractivity contribution >= 4 is 81.3 Å². The normalized spacial score (nSPS) is 14.2. The summed E-state index contributed by atoms with van der Waals surface area (Å²) in [5.41, 5.74) is -1.79. The minimum atomic E-state index is -2.38. The number of esters is 1. The van der Waals surface area contributed by atoms with Crippen molar-refractivity contribution in [2.75, 3.05) is 5.32 Å². The summed E-state index contributed by atoms with van der Waals surface area (Å²) in [4.78, 5) is 22.7. The summed E-state index contributed by atoms with van der Waals surface area (Å²) in [6.07, 6.45) is 0. The van der Waals surface area contributed by atoms with E-state index in [1.54, 1.807) is 36.4 Å². The van der Waals surface area contributed by atoms with E-state index in [0.717, 1.165) is 6.92 Å². The van der Waals surface area contributed by atoms with Gasteiger partial charge in [0.05, 0.1) is 15.7 Å². The maximum Gasteiger partial charge on any atom is 0.354 e. The highest BCUT2D eigenvalue weighted by molar-refractivity contribution is 6.49. The molecule has 2 rings (SSSR count). The molecule has 0 aliphatic carbocycles. The van der Waals surface area contributed by atoms with Crippen LogP contribution in [0.5, 0.6) is 0 Å². The van der Waals surface area contributed by atoms with Gasteiger partial charge in [-0.3, -0.25) is 4.79 Å². The fourth-order valence-electron chi connectivity index (χ4n) is 2.61. The fourth-order valence-corrected chi connectivity index (χ4v) is 3.71. The van der Waals surface area contributed by atoms with Gasteiger partial charge in [0, 0.05) is 18.2 Å². The highest BCUT2D eigenvalue weighted by Crippen LogP contribution is 2.43. The summed E-state index contributed by atoms with van der Waals surface area (Å²) in [5.74, 6) is -2.43. The maximum absolute atomic E-state index is 12.3. The molecule has 0 saturated carbocycles. The maximum atomic E-state index is 12.3. The molecule has 2 atom stereocenters. The third kappa shape index (κ3) is 4.61. The predicted octanol–water partition coefficient (Wildman–Crippen LogP) is 5.99. The van der Waals surface area contributed by atoms with Crippen molar-refractivity contribution in [2.24, 2.45) is 0 Å². The molecule has 2 aromatic carbocycles. The Morgan fingerprint density at radius 2 is 1.61 bits per heavy atom. The van der Waals surface area contributed by atoms with Gasteiger partial charge in [0.15, 0.2) is 0 Å². The third-order valence-corrected chi connectivity index (χ3v) is 5.73. The lowest BCUT2D eigenvalue weighted by molar-refractivity contribution is -0.179. The van der Waals surface area contributed by atoms with Gasteiger partial charge in [-0.15, -0.1) is 34.8 Å². The second-order valence-electron chi connectivity index (χ2n) is 5.64. The molecule has 0 saturated heterocycles. The Kier molecular flexibility index (Phi) is 7.71. The van der Waals surface area contributed by atoms with E-state index in [9.17, 15) is 14.7 Å². The first kappa shape index (κ1) is 22.9. The number of carboxylic acid groups (broad SMARTS) is 1. The number of hydrogen-bond acceptors (Lipinski definition) is 4. The van der Waals surface area contributed by atoms with Crippen LogP contribution < -0.4 is 5.32 Å². The summed E-state index contributed by atoms with van der Waals surface area (Å²) < 4.78 is 5.20. The summed E-state index contributed by atoms with van der Waals surface area (Å²) in [7, 11) is 0. The molecule has 0 aromatic heterocycles. The van der Waals surface area contributed by atoms with Crippen LogP contribution in [0.25, 0.3) is 0 Å². The van der Waals surface area contributed by atoms with E-state index < -0.39 is 27.8 Å². The highest BCUT2D eigenvalue weighted by atomic mass is 35.5. The van der Waals surface area contributed by atoms with Crippen molar-refractivity contribution in [3.8, 4) is 0 Å². The number of para-hydroxylation sites is 2. The first-order valence-electron chi connectivity index (χ1n) is 7.77. The molecule has 0 heterocycles. The lowest BCUT2D eigenvalue weighted by atomic mass is 9.88. The number of carbonyl (C=O) groups excluding carboxylic acids is 1. The molecule has 0 bridgehead atoms. The number of rotatable bonds is 7. The van der Waals surface area contributed by atoms with E-state index in [4.69, 9.17) is 62.7 Å². The number of benzene rings is 2. The van der Waals surface area contributed by atoms with Crippen LogP contribution in [-0.4, -0.2) is 27.3 Å². The van der Waals surface area contributed by atoms with Gasteiger partial charge in [0.2, 0.25) is 0 Å². The van der Waals surface area contributed by atoms with E-state index in [2.05, 4.69) is 5.32 Å². The molecule has 28 heavy (non-hydrogen) atoms. The molecule has 2 aromatic rings. The standard InChI is InChI=1S/C18H14Cl5NO4/c1-9(25)28-18(17(26)27,15(21)16(22)23)10-5-2-3-8-13(10)24-14-11(19)6-4-7-12(14)20/h2-8,15-16,24H,1H3,(H,26,27). The average Bonchev–Trinajstić information content (AvgIpc) is 2.62. The molecule has 2 unspecified atom stereocenters. The molecular formula is C18H14Cl5NO4. The van der Waals surface area contributed by atoms with E-state index in [0.29, 0.717) is 15.7 Å². The van der Waals surface area contributed by atoms with Crippen molar-refractivity contribution in [2.45, 2.75) is 22.7 Å². The monoisotopic (exact) mass is 483 g/mol. The molecule has 10 heteroatoms. The molecule has 0 aliphatic heterocycles. The number of ether oxygens (including phenoxy) is 1. The van der Waals surface area contributed by atoms with Crippen LogP contribution in [0, 0.1) is 0 Å².